The van der Waals surface area contributed by atoms with Crippen LogP contribution in [0, 0.1) is 0 Å². The number of nitrogens with zero attached hydrogens (tertiary/aromatic N) is 4. The molecule has 11 nitrogen and oxygen atoms in total. The maximum absolute atomic E-state index is 14.4. The fourth-order valence-corrected chi connectivity index (χ4v) is 6.69. The third kappa shape index (κ3) is 6.78. The number of thiazole rings is 1. The minimum Gasteiger partial charge on any atom is -0.494 e. The SMILES string of the molecule is C=CCOC(=O)C1=C(C)N=c2sc(=Cc3cn(-c4ccccc4)nc3-c3ccc(OCC)cc3)c(=O)n2C1c1ccc(OC(C)=O)c(OC)c1. The molecule has 1 aliphatic heterocycles. The van der Waals surface area contributed by atoms with E-state index < -0.39 is 18.0 Å². The highest BCUT2D eigenvalue weighted by Crippen LogP contribution is 2.36. The molecule has 0 fully saturated rings. The maximum Gasteiger partial charge on any atom is 0.338 e. The number of methoxy groups -OCH3 is 1. The van der Waals surface area contributed by atoms with Gasteiger partial charge in [0.25, 0.3) is 5.56 Å². The summed E-state index contributed by atoms with van der Waals surface area (Å²) in [6.45, 7) is 9.08. The number of aromatic nitrogens is 3. The predicted octanol–water partition coefficient (Wildman–Crippen LogP) is 5.15. The minimum absolute atomic E-state index is 0.0266. The van der Waals surface area contributed by atoms with E-state index in [0.717, 1.165) is 17.0 Å². The molecule has 0 N–H and O–H groups in total. The summed E-state index contributed by atoms with van der Waals surface area (Å²) in [4.78, 5) is 44.8. The molecule has 0 spiro atoms. The largest absolute Gasteiger partial charge is 0.494 e. The van der Waals surface area contributed by atoms with Crippen LogP contribution in [0.5, 0.6) is 17.2 Å². The molecule has 12 heteroatoms. The fraction of sp³-hybridized carbons (Fsp3) is 0.184. The number of para-hydroxylation sites is 1. The Balaban J connectivity index is 1.54. The number of hydrogen-bond acceptors (Lipinski definition) is 10. The molecule has 1 aliphatic rings. The smallest absolute Gasteiger partial charge is 0.338 e. The topological polar surface area (TPSA) is 123 Å². The van der Waals surface area contributed by atoms with Crippen molar-refractivity contribution in [3.63, 3.8) is 0 Å². The molecule has 3 aromatic carbocycles. The van der Waals surface area contributed by atoms with Crippen LogP contribution in [0.2, 0.25) is 0 Å². The molecule has 3 heterocycles. The van der Waals surface area contributed by atoms with Crippen molar-refractivity contribution in [1.82, 2.24) is 14.3 Å². The molecule has 5 aromatic rings. The van der Waals surface area contributed by atoms with Gasteiger partial charge in [-0.1, -0.05) is 48.3 Å². The summed E-state index contributed by atoms with van der Waals surface area (Å²) in [5.41, 5.74) is 3.79. The molecule has 0 aliphatic carbocycles. The van der Waals surface area contributed by atoms with Crippen LogP contribution in [0.15, 0.2) is 113 Å². The molecule has 0 saturated heterocycles. The van der Waals surface area contributed by atoms with E-state index in [1.54, 1.807) is 35.9 Å². The summed E-state index contributed by atoms with van der Waals surface area (Å²) >= 11 is 1.20. The lowest BCUT2D eigenvalue weighted by Crippen LogP contribution is -2.40. The zero-order valence-corrected chi connectivity index (χ0v) is 28.7. The number of hydrogen-bond donors (Lipinski definition) is 0. The monoisotopic (exact) mass is 690 g/mol. The molecular weight excluding hydrogens is 657 g/mol. The number of rotatable bonds is 11. The van der Waals surface area contributed by atoms with Crippen molar-refractivity contribution < 1.29 is 28.5 Å². The molecule has 254 valence electrons. The minimum atomic E-state index is -0.927. The van der Waals surface area contributed by atoms with Gasteiger partial charge in [0.2, 0.25) is 0 Å². The van der Waals surface area contributed by atoms with Crippen LogP contribution in [0.25, 0.3) is 23.0 Å². The van der Waals surface area contributed by atoms with E-state index in [-0.39, 0.29) is 29.2 Å². The van der Waals surface area contributed by atoms with E-state index >= 15 is 0 Å². The van der Waals surface area contributed by atoms with E-state index in [1.165, 1.54) is 36.0 Å². The first kappa shape index (κ1) is 33.9. The highest BCUT2D eigenvalue weighted by atomic mass is 32.1. The van der Waals surface area contributed by atoms with Crippen molar-refractivity contribution in [3.05, 3.63) is 134 Å². The third-order valence-corrected chi connectivity index (χ3v) is 8.80. The summed E-state index contributed by atoms with van der Waals surface area (Å²) in [5.74, 6) is 0.0273. The van der Waals surface area contributed by atoms with Gasteiger partial charge in [0.05, 0.1) is 41.2 Å². The van der Waals surface area contributed by atoms with E-state index in [4.69, 9.17) is 29.0 Å². The Morgan fingerprint density at radius 1 is 1.04 bits per heavy atom. The Morgan fingerprint density at radius 3 is 2.48 bits per heavy atom. The van der Waals surface area contributed by atoms with Gasteiger partial charge in [-0.15, -0.1) is 0 Å². The van der Waals surface area contributed by atoms with Crippen molar-refractivity contribution in [3.8, 4) is 34.2 Å². The zero-order chi connectivity index (χ0) is 35.4. The van der Waals surface area contributed by atoms with Gasteiger partial charge in [0.1, 0.15) is 18.1 Å². The lowest BCUT2D eigenvalue weighted by molar-refractivity contribution is -0.138. The van der Waals surface area contributed by atoms with Crippen molar-refractivity contribution in [1.29, 1.82) is 0 Å². The Morgan fingerprint density at radius 2 is 1.80 bits per heavy atom. The quantitative estimate of drug-likeness (QED) is 0.106. The standard InChI is InChI=1S/C38H34N4O7S/c1-6-19-48-37(45)33-23(3)39-38-42(35(33)26-15-18-30(49-24(4)43)31(20-26)46-5)36(44)32(50-38)21-27-22-41(28-11-9-8-10-12-28)40-34(27)25-13-16-29(17-14-25)47-7-2/h6,8-18,20-22,35H,1,7,19H2,2-5H3. The summed E-state index contributed by atoms with van der Waals surface area (Å²) in [6.07, 6.45) is 5.13. The normalized spacial score (nSPS) is 14.1. The number of carbonyl (C=O) groups is 2. The lowest BCUT2D eigenvalue weighted by atomic mass is 9.95. The first-order valence-corrected chi connectivity index (χ1v) is 16.6. The summed E-state index contributed by atoms with van der Waals surface area (Å²) < 4.78 is 25.6. The van der Waals surface area contributed by atoms with Crippen LogP contribution >= 0.6 is 11.3 Å². The van der Waals surface area contributed by atoms with Crippen LogP contribution in [-0.4, -0.2) is 46.6 Å². The predicted molar refractivity (Wildman–Crippen MR) is 189 cm³/mol. The van der Waals surface area contributed by atoms with Gasteiger partial charge < -0.3 is 18.9 Å². The van der Waals surface area contributed by atoms with Crippen LogP contribution in [0.4, 0.5) is 0 Å². The molecule has 50 heavy (non-hydrogen) atoms. The maximum atomic E-state index is 14.4. The summed E-state index contributed by atoms with van der Waals surface area (Å²) in [7, 11) is 1.44. The highest BCUT2D eigenvalue weighted by Gasteiger charge is 2.34. The number of allylic oxidation sites excluding steroid dienone is 1. The Hall–Kier alpha value is -6.01. The van der Waals surface area contributed by atoms with Gasteiger partial charge in [-0.25, -0.2) is 14.5 Å². The van der Waals surface area contributed by atoms with Crippen molar-refractivity contribution in [2.24, 2.45) is 4.99 Å². The van der Waals surface area contributed by atoms with Gasteiger partial charge in [0, 0.05) is 24.2 Å². The first-order valence-electron chi connectivity index (χ1n) is 15.8. The average molecular weight is 691 g/mol. The Kier molecular flexibility index (Phi) is 9.91. The van der Waals surface area contributed by atoms with Gasteiger partial charge in [-0.2, -0.15) is 5.10 Å². The summed E-state index contributed by atoms with van der Waals surface area (Å²) in [6, 6.07) is 21.3. The van der Waals surface area contributed by atoms with Crippen LogP contribution in [0.1, 0.15) is 37.9 Å². The number of ether oxygens (including phenoxy) is 4. The number of carbonyl (C=O) groups excluding carboxylic acids is 2. The number of esters is 2. The second-order valence-electron chi connectivity index (χ2n) is 11.1. The van der Waals surface area contributed by atoms with E-state index in [1.807, 2.05) is 67.7 Å². The molecule has 0 bridgehead atoms. The van der Waals surface area contributed by atoms with Crippen molar-refractivity contribution in [2.75, 3.05) is 20.3 Å². The Bertz CT molecular complexity index is 2300. The second-order valence-corrected chi connectivity index (χ2v) is 12.2. The lowest BCUT2D eigenvalue weighted by Gasteiger charge is -2.25. The molecule has 6 rings (SSSR count). The van der Waals surface area contributed by atoms with Gasteiger partial charge in [0.15, 0.2) is 16.3 Å². The second kappa shape index (κ2) is 14.6. The zero-order valence-electron chi connectivity index (χ0n) is 27.9. The molecule has 0 amide bonds. The van der Waals surface area contributed by atoms with Crippen molar-refractivity contribution in [2.45, 2.75) is 26.8 Å². The molecular formula is C38H34N4O7S. The van der Waals surface area contributed by atoms with E-state index in [9.17, 15) is 14.4 Å². The van der Waals surface area contributed by atoms with Gasteiger partial charge >= 0.3 is 11.9 Å². The van der Waals surface area contributed by atoms with Crippen LogP contribution in [0.3, 0.4) is 0 Å². The number of fused-ring (bicyclic) bond motifs is 1. The van der Waals surface area contributed by atoms with Gasteiger partial charge in [-0.3, -0.25) is 14.2 Å². The van der Waals surface area contributed by atoms with Crippen LogP contribution in [-0.2, 0) is 14.3 Å². The Labute approximate surface area is 291 Å². The fourth-order valence-electron chi connectivity index (χ4n) is 5.65. The summed E-state index contributed by atoms with van der Waals surface area (Å²) in [5, 5.41) is 4.91. The third-order valence-electron chi connectivity index (χ3n) is 7.82. The molecule has 1 unspecified atom stereocenters. The van der Waals surface area contributed by atoms with Gasteiger partial charge in [-0.05, 0) is 74.0 Å². The molecule has 2 aromatic heterocycles. The number of benzene rings is 3. The van der Waals surface area contributed by atoms with Crippen LogP contribution < -0.4 is 29.1 Å². The molecule has 0 saturated carbocycles. The van der Waals surface area contributed by atoms with E-state index in [2.05, 4.69) is 6.58 Å². The first-order chi connectivity index (χ1) is 24.2. The van der Waals surface area contributed by atoms with Crippen molar-refractivity contribution >= 4 is 29.4 Å². The van der Waals surface area contributed by atoms with E-state index in [0.29, 0.717) is 38.5 Å². The molecule has 1 atom stereocenters. The highest BCUT2D eigenvalue weighted by molar-refractivity contribution is 7.07. The average Bonchev–Trinajstić information content (AvgIpc) is 3.67. The molecule has 0 radical (unpaired) electrons.